The summed E-state index contributed by atoms with van der Waals surface area (Å²) in [4.78, 5) is 16.3. The Labute approximate surface area is 146 Å². The van der Waals surface area contributed by atoms with Crippen LogP contribution in [0.3, 0.4) is 0 Å². The predicted molar refractivity (Wildman–Crippen MR) is 95.1 cm³/mol. The van der Waals surface area contributed by atoms with Crippen LogP contribution >= 0.6 is 11.3 Å². The SMILES string of the molecule is Cc1nc(COc2ccc(CN[C@@H]3CCCCNC3=O)cc2)cs1. The lowest BCUT2D eigenvalue weighted by atomic mass is 10.1. The van der Waals surface area contributed by atoms with Gasteiger partial charge in [-0.1, -0.05) is 12.1 Å². The van der Waals surface area contributed by atoms with Gasteiger partial charge in [0.2, 0.25) is 5.91 Å². The first kappa shape index (κ1) is 16.9. The van der Waals surface area contributed by atoms with Crippen molar-refractivity contribution in [2.24, 2.45) is 0 Å². The number of rotatable bonds is 6. The Kier molecular flexibility index (Phi) is 5.82. The van der Waals surface area contributed by atoms with E-state index >= 15 is 0 Å². The van der Waals surface area contributed by atoms with Gasteiger partial charge in [-0.2, -0.15) is 0 Å². The molecule has 1 fully saturated rings. The minimum atomic E-state index is -0.0867. The number of carbonyl (C=O) groups excluding carboxylic acids is 1. The summed E-state index contributed by atoms with van der Waals surface area (Å²) in [7, 11) is 0. The molecule has 1 aliphatic heterocycles. The number of nitrogens with one attached hydrogen (secondary N) is 2. The van der Waals surface area contributed by atoms with Crippen LogP contribution in [0.25, 0.3) is 0 Å². The first-order chi connectivity index (χ1) is 11.7. The quantitative estimate of drug-likeness (QED) is 0.845. The Morgan fingerprint density at radius 1 is 1.33 bits per heavy atom. The largest absolute Gasteiger partial charge is 0.487 e. The van der Waals surface area contributed by atoms with Gasteiger partial charge >= 0.3 is 0 Å². The molecule has 1 amide bonds. The maximum Gasteiger partial charge on any atom is 0.237 e. The second-order valence-corrected chi connectivity index (χ2v) is 7.07. The molecule has 0 bridgehead atoms. The van der Waals surface area contributed by atoms with Gasteiger partial charge in [0, 0.05) is 18.5 Å². The van der Waals surface area contributed by atoms with Crippen LogP contribution in [0.4, 0.5) is 0 Å². The minimum Gasteiger partial charge on any atom is -0.487 e. The van der Waals surface area contributed by atoms with E-state index in [2.05, 4.69) is 15.6 Å². The van der Waals surface area contributed by atoms with Crippen LogP contribution in [-0.2, 0) is 17.9 Å². The van der Waals surface area contributed by atoms with E-state index in [-0.39, 0.29) is 11.9 Å². The standard InChI is InChI=1S/C18H23N3O2S/c1-13-21-15(12-24-13)11-23-16-7-5-14(6-8-16)10-20-17-4-2-3-9-19-18(17)22/h5-8,12,17,20H,2-4,9-11H2,1H3,(H,19,22)/t17-/m1/s1. The lowest BCUT2D eigenvalue weighted by Crippen LogP contribution is -2.42. The molecular weight excluding hydrogens is 322 g/mol. The van der Waals surface area contributed by atoms with E-state index in [9.17, 15) is 4.79 Å². The molecule has 1 aliphatic rings. The summed E-state index contributed by atoms with van der Waals surface area (Å²) in [5, 5.41) is 9.37. The fraction of sp³-hybridized carbons (Fsp3) is 0.444. The Balaban J connectivity index is 1.48. The van der Waals surface area contributed by atoms with Crippen molar-refractivity contribution in [1.29, 1.82) is 0 Å². The molecule has 0 spiro atoms. The van der Waals surface area contributed by atoms with Crippen LogP contribution < -0.4 is 15.4 Å². The zero-order valence-corrected chi connectivity index (χ0v) is 14.7. The third-order valence-electron chi connectivity index (χ3n) is 4.06. The van der Waals surface area contributed by atoms with Crippen molar-refractivity contribution in [2.75, 3.05) is 6.54 Å². The van der Waals surface area contributed by atoms with Crippen molar-refractivity contribution in [2.45, 2.75) is 45.4 Å². The summed E-state index contributed by atoms with van der Waals surface area (Å²) in [6.07, 6.45) is 3.05. The van der Waals surface area contributed by atoms with Crippen molar-refractivity contribution >= 4 is 17.2 Å². The number of aromatic nitrogens is 1. The van der Waals surface area contributed by atoms with E-state index in [1.54, 1.807) is 11.3 Å². The number of carbonyl (C=O) groups is 1. The first-order valence-corrected chi connectivity index (χ1v) is 9.22. The highest BCUT2D eigenvalue weighted by Gasteiger charge is 2.19. The van der Waals surface area contributed by atoms with Crippen molar-refractivity contribution in [3.05, 3.63) is 45.9 Å². The highest BCUT2D eigenvalue weighted by atomic mass is 32.1. The summed E-state index contributed by atoms with van der Waals surface area (Å²) in [5.74, 6) is 0.947. The Morgan fingerprint density at radius 2 is 2.17 bits per heavy atom. The summed E-state index contributed by atoms with van der Waals surface area (Å²) in [6.45, 7) is 3.96. The number of hydrogen-bond donors (Lipinski definition) is 2. The maximum atomic E-state index is 11.9. The molecule has 128 valence electrons. The van der Waals surface area contributed by atoms with E-state index in [1.165, 1.54) is 0 Å². The average Bonchev–Trinajstić information content (AvgIpc) is 2.90. The molecule has 2 aromatic rings. The van der Waals surface area contributed by atoms with Crippen LogP contribution in [0.15, 0.2) is 29.6 Å². The maximum absolute atomic E-state index is 11.9. The number of benzene rings is 1. The minimum absolute atomic E-state index is 0.0867. The van der Waals surface area contributed by atoms with Crippen molar-refractivity contribution < 1.29 is 9.53 Å². The molecule has 1 aromatic heterocycles. The molecule has 0 unspecified atom stereocenters. The zero-order chi connectivity index (χ0) is 16.8. The molecule has 0 radical (unpaired) electrons. The van der Waals surface area contributed by atoms with Crippen LogP contribution in [-0.4, -0.2) is 23.5 Å². The van der Waals surface area contributed by atoms with Crippen molar-refractivity contribution in [1.82, 2.24) is 15.6 Å². The van der Waals surface area contributed by atoms with Crippen LogP contribution in [0.1, 0.15) is 35.5 Å². The van der Waals surface area contributed by atoms with Gasteiger partial charge in [-0.15, -0.1) is 11.3 Å². The van der Waals surface area contributed by atoms with E-state index in [0.29, 0.717) is 13.2 Å². The molecular formula is C18H23N3O2S. The molecule has 2 heterocycles. The Hall–Kier alpha value is -1.92. The summed E-state index contributed by atoms with van der Waals surface area (Å²) < 4.78 is 5.75. The second-order valence-electron chi connectivity index (χ2n) is 6.01. The fourth-order valence-corrected chi connectivity index (χ4v) is 3.31. The average molecular weight is 345 g/mol. The molecule has 1 atom stereocenters. The van der Waals surface area contributed by atoms with Gasteiger partial charge in [0.25, 0.3) is 0 Å². The lowest BCUT2D eigenvalue weighted by Gasteiger charge is -2.15. The topological polar surface area (TPSA) is 63.2 Å². The number of thiazole rings is 1. The van der Waals surface area contributed by atoms with Gasteiger partial charge in [-0.25, -0.2) is 4.98 Å². The molecule has 2 N–H and O–H groups in total. The third kappa shape index (κ3) is 4.79. The number of nitrogens with zero attached hydrogens (tertiary/aromatic N) is 1. The Bertz CT molecular complexity index is 669. The monoisotopic (exact) mass is 345 g/mol. The van der Waals surface area contributed by atoms with Gasteiger partial charge in [0.1, 0.15) is 12.4 Å². The number of aryl methyl sites for hydroxylation is 1. The number of hydrogen-bond acceptors (Lipinski definition) is 5. The molecule has 0 saturated carbocycles. The van der Waals surface area contributed by atoms with E-state index in [4.69, 9.17) is 4.74 Å². The van der Waals surface area contributed by atoms with E-state index in [1.807, 2.05) is 36.6 Å². The van der Waals surface area contributed by atoms with Gasteiger partial charge in [-0.3, -0.25) is 4.79 Å². The van der Waals surface area contributed by atoms with Gasteiger partial charge < -0.3 is 15.4 Å². The number of amides is 1. The van der Waals surface area contributed by atoms with Gasteiger partial charge in [0.05, 0.1) is 16.7 Å². The lowest BCUT2D eigenvalue weighted by molar-refractivity contribution is -0.122. The molecule has 0 aliphatic carbocycles. The van der Waals surface area contributed by atoms with Crippen LogP contribution in [0, 0.1) is 6.92 Å². The molecule has 1 aromatic carbocycles. The highest BCUT2D eigenvalue weighted by molar-refractivity contribution is 7.09. The van der Waals surface area contributed by atoms with Gasteiger partial charge in [-0.05, 0) is 43.9 Å². The summed E-state index contributed by atoms with van der Waals surface area (Å²) in [6, 6.07) is 7.90. The smallest absolute Gasteiger partial charge is 0.237 e. The van der Waals surface area contributed by atoms with Gasteiger partial charge in [0.15, 0.2) is 0 Å². The summed E-state index contributed by atoms with van der Waals surface area (Å²) >= 11 is 1.63. The Morgan fingerprint density at radius 3 is 2.92 bits per heavy atom. The zero-order valence-electron chi connectivity index (χ0n) is 13.9. The molecule has 5 nitrogen and oxygen atoms in total. The van der Waals surface area contributed by atoms with Crippen molar-refractivity contribution in [3.63, 3.8) is 0 Å². The molecule has 1 saturated heterocycles. The summed E-state index contributed by atoms with van der Waals surface area (Å²) in [5.41, 5.74) is 2.10. The van der Waals surface area contributed by atoms with Crippen LogP contribution in [0.5, 0.6) is 5.75 Å². The normalized spacial score (nSPS) is 18.0. The predicted octanol–water partition coefficient (Wildman–Crippen LogP) is 2.79. The van der Waals surface area contributed by atoms with E-state index < -0.39 is 0 Å². The highest BCUT2D eigenvalue weighted by Crippen LogP contribution is 2.16. The molecule has 3 rings (SSSR count). The molecule has 24 heavy (non-hydrogen) atoms. The number of ether oxygens (including phenoxy) is 1. The van der Waals surface area contributed by atoms with Crippen LogP contribution in [0.2, 0.25) is 0 Å². The molecule has 6 heteroatoms. The fourth-order valence-electron chi connectivity index (χ4n) is 2.71. The second kappa shape index (κ2) is 8.26. The van der Waals surface area contributed by atoms with Crippen molar-refractivity contribution in [3.8, 4) is 5.75 Å². The third-order valence-corrected chi connectivity index (χ3v) is 4.89. The van der Waals surface area contributed by atoms with E-state index in [0.717, 1.165) is 47.8 Å². The first-order valence-electron chi connectivity index (χ1n) is 8.34.